The molecule has 0 spiro atoms. The Kier molecular flexibility index (Phi) is 4.66. The van der Waals surface area contributed by atoms with E-state index in [1.165, 1.54) is 16.8 Å². The molecule has 0 saturated carbocycles. The number of nitrogens with one attached hydrogen (secondary N) is 1. The van der Waals surface area contributed by atoms with Gasteiger partial charge in [-0.15, -0.1) is 0 Å². The van der Waals surface area contributed by atoms with E-state index in [1.807, 2.05) is 36.4 Å². The molecule has 6 rings (SSSR count). The lowest BCUT2D eigenvalue weighted by atomic mass is 10.0. The molecule has 5 aromatic carbocycles. The number of hydrogen-bond donors (Lipinski definition) is 1. The van der Waals surface area contributed by atoms with Crippen molar-refractivity contribution >= 4 is 38.9 Å². The van der Waals surface area contributed by atoms with Crippen LogP contribution in [0.5, 0.6) is 0 Å². The minimum Gasteiger partial charge on any atom is -0.355 e. The van der Waals surface area contributed by atoms with E-state index in [0.29, 0.717) is 0 Å². The van der Waals surface area contributed by atoms with Crippen LogP contribution in [-0.2, 0) is 0 Å². The van der Waals surface area contributed by atoms with Gasteiger partial charge >= 0.3 is 0 Å². The third-order valence-corrected chi connectivity index (χ3v) is 6.05. The highest BCUT2D eigenvalue weighted by molar-refractivity contribution is 6.08. The molecule has 33 heavy (non-hydrogen) atoms. The number of rotatable bonds is 4. The maximum absolute atomic E-state index is 14.0. The molecule has 0 amide bonds. The van der Waals surface area contributed by atoms with E-state index < -0.39 is 0 Å². The monoisotopic (exact) mass is 428 g/mol. The Hall–Kier alpha value is -4.37. The lowest BCUT2D eigenvalue weighted by molar-refractivity contribution is 0.628. The Labute approximate surface area is 191 Å². The third kappa shape index (κ3) is 3.54. The molecular formula is C30H21FN2. The molecule has 0 aliphatic heterocycles. The number of fused-ring (bicyclic) bond motifs is 3. The summed E-state index contributed by atoms with van der Waals surface area (Å²) in [6.07, 6.45) is 0. The number of benzene rings is 5. The van der Waals surface area contributed by atoms with Gasteiger partial charge in [-0.25, -0.2) is 4.39 Å². The first kappa shape index (κ1) is 19.3. The topological polar surface area (TPSA) is 19.0 Å². The van der Waals surface area contributed by atoms with Crippen LogP contribution in [-0.4, -0.2) is 4.98 Å². The molecule has 0 saturated heterocycles. The number of anilines is 3. The summed E-state index contributed by atoms with van der Waals surface area (Å²) in [4.78, 5) is 5.55. The Bertz CT molecular complexity index is 1570. The van der Waals surface area contributed by atoms with Gasteiger partial charge in [0, 0.05) is 38.9 Å². The summed E-state index contributed by atoms with van der Waals surface area (Å²) >= 11 is 0. The average molecular weight is 429 g/mol. The van der Waals surface area contributed by atoms with E-state index in [4.69, 9.17) is 0 Å². The first-order valence-corrected chi connectivity index (χ1v) is 11.0. The zero-order valence-corrected chi connectivity index (χ0v) is 17.9. The second kappa shape index (κ2) is 7.95. The molecule has 0 radical (unpaired) electrons. The molecule has 3 heteroatoms. The minimum absolute atomic E-state index is 0.253. The van der Waals surface area contributed by atoms with E-state index in [2.05, 4.69) is 76.6 Å². The van der Waals surface area contributed by atoms with Gasteiger partial charge in [0.2, 0.25) is 0 Å². The van der Waals surface area contributed by atoms with E-state index in [9.17, 15) is 4.39 Å². The predicted molar refractivity (Wildman–Crippen MR) is 136 cm³/mol. The molecule has 0 atom stereocenters. The molecule has 0 bridgehead atoms. The standard InChI is InChI=1S/C30H21FN2/c31-23-7-6-10-26(20-23)33(24-8-2-1-3-9-24)25-16-13-21(14-17-25)22-15-18-30-28(19-22)27-11-4-5-12-29(27)32-30/h1-20,32H. The molecule has 0 unspecified atom stereocenters. The first-order chi connectivity index (χ1) is 16.3. The normalized spacial score (nSPS) is 11.2. The van der Waals surface area contributed by atoms with Crippen molar-refractivity contribution in [2.24, 2.45) is 0 Å². The van der Waals surface area contributed by atoms with Crippen molar-refractivity contribution in [2.45, 2.75) is 0 Å². The molecule has 2 nitrogen and oxygen atoms in total. The predicted octanol–water partition coefficient (Wildman–Crippen LogP) is 8.60. The Morgan fingerprint density at radius 1 is 0.485 bits per heavy atom. The number of aromatic nitrogens is 1. The number of H-pyrrole nitrogens is 1. The van der Waals surface area contributed by atoms with Gasteiger partial charge < -0.3 is 9.88 Å². The van der Waals surface area contributed by atoms with E-state index in [0.717, 1.165) is 39.2 Å². The molecule has 1 N–H and O–H groups in total. The Morgan fingerprint density at radius 3 is 1.97 bits per heavy atom. The second-order valence-electron chi connectivity index (χ2n) is 8.13. The van der Waals surface area contributed by atoms with Crippen LogP contribution in [0.15, 0.2) is 121 Å². The van der Waals surface area contributed by atoms with Gasteiger partial charge in [-0.2, -0.15) is 0 Å². The van der Waals surface area contributed by atoms with Crippen molar-refractivity contribution in [3.8, 4) is 11.1 Å². The first-order valence-electron chi connectivity index (χ1n) is 11.0. The van der Waals surface area contributed by atoms with Crippen LogP contribution < -0.4 is 4.90 Å². The average Bonchev–Trinajstić information content (AvgIpc) is 3.23. The smallest absolute Gasteiger partial charge is 0.125 e. The molecular weight excluding hydrogens is 407 g/mol. The van der Waals surface area contributed by atoms with Crippen molar-refractivity contribution in [1.29, 1.82) is 0 Å². The fourth-order valence-corrected chi connectivity index (χ4v) is 4.47. The number of hydrogen-bond acceptors (Lipinski definition) is 1. The largest absolute Gasteiger partial charge is 0.355 e. The molecule has 6 aromatic rings. The lowest BCUT2D eigenvalue weighted by Crippen LogP contribution is -2.09. The van der Waals surface area contributed by atoms with Gasteiger partial charge in [-0.1, -0.05) is 60.7 Å². The summed E-state index contributed by atoms with van der Waals surface area (Å²) < 4.78 is 14.0. The number of halogens is 1. The van der Waals surface area contributed by atoms with E-state index in [1.54, 1.807) is 12.1 Å². The fraction of sp³-hybridized carbons (Fsp3) is 0. The second-order valence-corrected chi connectivity index (χ2v) is 8.13. The minimum atomic E-state index is -0.253. The van der Waals surface area contributed by atoms with Gasteiger partial charge in [0.25, 0.3) is 0 Å². The van der Waals surface area contributed by atoms with Crippen molar-refractivity contribution < 1.29 is 4.39 Å². The van der Waals surface area contributed by atoms with Gasteiger partial charge in [0.1, 0.15) is 5.82 Å². The third-order valence-electron chi connectivity index (χ3n) is 6.05. The zero-order valence-electron chi connectivity index (χ0n) is 17.9. The maximum Gasteiger partial charge on any atom is 0.125 e. The number of nitrogens with zero attached hydrogens (tertiary/aromatic N) is 1. The summed E-state index contributed by atoms with van der Waals surface area (Å²) in [5.41, 5.74) is 7.33. The molecule has 1 aromatic heterocycles. The van der Waals surface area contributed by atoms with Crippen molar-refractivity contribution in [1.82, 2.24) is 4.98 Å². The molecule has 0 fully saturated rings. The van der Waals surface area contributed by atoms with Crippen molar-refractivity contribution in [3.05, 3.63) is 127 Å². The van der Waals surface area contributed by atoms with Crippen LogP contribution in [0.4, 0.5) is 21.5 Å². The van der Waals surface area contributed by atoms with E-state index >= 15 is 0 Å². The van der Waals surface area contributed by atoms with Crippen molar-refractivity contribution in [3.63, 3.8) is 0 Å². The van der Waals surface area contributed by atoms with Crippen LogP contribution in [0.2, 0.25) is 0 Å². The van der Waals surface area contributed by atoms with Crippen LogP contribution in [0.25, 0.3) is 32.9 Å². The quantitative estimate of drug-likeness (QED) is 0.298. The highest BCUT2D eigenvalue weighted by atomic mass is 19.1. The van der Waals surface area contributed by atoms with Crippen LogP contribution in [0.3, 0.4) is 0 Å². The van der Waals surface area contributed by atoms with Crippen molar-refractivity contribution in [2.75, 3.05) is 4.90 Å². The zero-order chi connectivity index (χ0) is 22.2. The molecule has 0 aliphatic carbocycles. The Morgan fingerprint density at radius 2 is 1.15 bits per heavy atom. The maximum atomic E-state index is 14.0. The fourth-order valence-electron chi connectivity index (χ4n) is 4.47. The molecule has 158 valence electrons. The lowest BCUT2D eigenvalue weighted by Gasteiger charge is -2.25. The van der Waals surface area contributed by atoms with E-state index in [-0.39, 0.29) is 5.82 Å². The summed E-state index contributed by atoms with van der Waals surface area (Å²) in [6.45, 7) is 0. The molecule has 1 heterocycles. The van der Waals surface area contributed by atoms with Crippen LogP contribution in [0.1, 0.15) is 0 Å². The number of para-hydroxylation sites is 2. The summed E-state index contributed by atoms with van der Waals surface area (Å²) in [7, 11) is 0. The van der Waals surface area contributed by atoms with Crippen LogP contribution in [0, 0.1) is 5.82 Å². The summed E-state index contributed by atoms with van der Waals surface area (Å²) in [6, 6.07) is 40.1. The van der Waals surface area contributed by atoms with Crippen LogP contribution >= 0.6 is 0 Å². The number of aromatic amines is 1. The summed E-state index contributed by atoms with van der Waals surface area (Å²) in [5.74, 6) is -0.253. The highest BCUT2D eigenvalue weighted by Gasteiger charge is 2.13. The van der Waals surface area contributed by atoms with Gasteiger partial charge in [-0.3, -0.25) is 0 Å². The molecule has 0 aliphatic rings. The Balaban J connectivity index is 1.42. The highest BCUT2D eigenvalue weighted by Crippen LogP contribution is 2.36. The van der Waals surface area contributed by atoms with Gasteiger partial charge in [0.05, 0.1) is 0 Å². The van der Waals surface area contributed by atoms with Gasteiger partial charge in [-0.05, 0) is 71.8 Å². The SMILES string of the molecule is Fc1cccc(N(c2ccccc2)c2ccc(-c3ccc4[nH]c5ccccc5c4c3)cc2)c1. The summed E-state index contributed by atoms with van der Waals surface area (Å²) in [5, 5.41) is 2.45. The van der Waals surface area contributed by atoms with Gasteiger partial charge in [0.15, 0.2) is 0 Å².